The first-order valence-electron chi connectivity index (χ1n) is 17.2. The summed E-state index contributed by atoms with van der Waals surface area (Å²) < 4.78 is 11.5. The van der Waals surface area contributed by atoms with Gasteiger partial charge in [0.1, 0.15) is 0 Å². The molecule has 272 valence electrons. The van der Waals surface area contributed by atoms with Crippen LogP contribution in [0.25, 0.3) is 24.3 Å². The fourth-order valence-electron chi connectivity index (χ4n) is 5.26. The Kier molecular flexibility index (Phi) is 15.9. The maximum absolute atomic E-state index is 2.36. The molecule has 52 heavy (non-hydrogen) atoms. The van der Waals surface area contributed by atoms with E-state index in [1.807, 2.05) is 141 Å². The van der Waals surface area contributed by atoms with Gasteiger partial charge in [0.2, 0.25) is 0 Å². The molecule has 0 nitrogen and oxygen atoms in total. The van der Waals surface area contributed by atoms with Crippen molar-refractivity contribution < 1.29 is 0 Å². The summed E-state index contributed by atoms with van der Waals surface area (Å²) in [6.07, 6.45) is 14.4. The van der Waals surface area contributed by atoms with E-state index in [1.54, 1.807) is 0 Å². The largest absolute Gasteiger partial charge is 0.118 e. The molecular formula is C40H40S12. The zero-order valence-corrected chi connectivity index (χ0v) is 39.3. The fourth-order valence-corrected chi connectivity index (χ4v) is 21.6. The predicted octanol–water partition coefficient (Wildman–Crippen LogP) is 17.8. The molecule has 0 unspecified atom stereocenters. The van der Waals surface area contributed by atoms with Crippen molar-refractivity contribution in [2.24, 2.45) is 0 Å². The molecule has 0 saturated heterocycles. The second-order valence-corrected chi connectivity index (χ2v) is 27.9. The van der Waals surface area contributed by atoms with Crippen LogP contribution in [0.5, 0.6) is 0 Å². The molecule has 0 amide bonds. The maximum Gasteiger partial charge on any atom is 0.0551 e. The van der Waals surface area contributed by atoms with Gasteiger partial charge in [-0.25, -0.2) is 0 Å². The standard InChI is InChI=1S/C40H40S12/c1-25-37-41-17-5-6-18-42-38-26(2)46-35(50-38)23-31-13-15-32(16-14-31)24-36-48-28(4)40(52-36)44-20-8-7-19-43-39-27(3)47-34(51-39)22-30-11-9-29(10-12-30)21-33(45-25)49-37/h9-16,21-24H,5-8,17-20H2,1-4H3/b33-21-,34-22-,35-23-,36-24+. The molecular weight excluding hydrogens is 865 g/mol. The molecule has 0 saturated carbocycles. The number of thioether (sulfide) groups is 12. The number of allylic oxidation sites excluding steroid dienone is 4. The Morgan fingerprint density at radius 3 is 0.731 bits per heavy atom. The maximum atomic E-state index is 2.36. The van der Waals surface area contributed by atoms with Crippen molar-refractivity contribution in [2.75, 3.05) is 23.0 Å². The first-order valence-corrected chi connectivity index (χ1v) is 27.7. The number of hydrogen-bond donors (Lipinski definition) is 0. The van der Waals surface area contributed by atoms with Crippen LogP contribution in [-0.4, -0.2) is 23.0 Å². The Morgan fingerprint density at radius 1 is 0.308 bits per heavy atom. The van der Waals surface area contributed by atoms with Gasteiger partial charge in [-0.1, -0.05) is 143 Å². The normalized spacial score (nSPS) is 25.6. The van der Waals surface area contributed by atoms with Gasteiger partial charge in [-0.15, -0.1) is 47.0 Å². The molecule has 0 aliphatic carbocycles. The Labute approximate surface area is 362 Å². The summed E-state index contributed by atoms with van der Waals surface area (Å²) in [5.74, 6) is 4.75. The highest BCUT2D eigenvalue weighted by atomic mass is 32.3. The molecule has 8 aliphatic rings. The van der Waals surface area contributed by atoms with Gasteiger partial charge in [0.25, 0.3) is 0 Å². The third-order valence-corrected chi connectivity index (χ3v) is 24.2. The van der Waals surface area contributed by atoms with Gasteiger partial charge in [0.15, 0.2) is 0 Å². The summed E-state index contributed by atoms with van der Waals surface area (Å²) in [6.45, 7) is 9.13. The SMILES string of the molecule is CC1=C2SCCCCSC3=C(C)S/C(=C/c4ccc(cc4)/C=C4\SC(C)=C(SCCCCSC5=C(C)S/C(=C/c6ccc(cc6)/C=C(/S1)S2)S5)S4)S3. The van der Waals surface area contributed by atoms with Crippen LogP contribution in [-0.2, 0) is 0 Å². The van der Waals surface area contributed by atoms with Crippen LogP contribution in [0.3, 0.4) is 0 Å². The summed E-state index contributed by atoms with van der Waals surface area (Å²) >= 11 is 23.7. The molecule has 8 aliphatic heterocycles. The van der Waals surface area contributed by atoms with Crippen LogP contribution in [0.4, 0.5) is 0 Å². The minimum atomic E-state index is 1.19. The molecule has 10 rings (SSSR count). The van der Waals surface area contributed by atoms with E-state index < -0.39 is 0 Å². The zero-order valence-electron chi connectivity index (χ0n) is 29.5. The minimum Gasteiger partial charge on any atom is -0.118 e. The van der Waals surface area contributed by atoms with E-state index in [9.17, 15) is 0 Å². The van der Waals surface area contributed by atoms with Crippen LogP contribution in [0.15, 0.2) is 102 Å². The van der Waals surface area contributed by atoms with Crippen LogP contribution in [0.2, 0.25) is 0 Å². The lowest BCUT2D eigenvalue weighted by atomic mass is 10.1. The van der Waals surface area contributed by atoms with Crippen molar-refractivity contribution in [3.05, 3.63) is 124 Å². The third kappa shape index (κ3) is 11.8. The molecule has 12 heteroatoms. The quantitative estimate of drug-likeness (QED) is 0.247. The van der Waals surface area contributed by atoms with E-state index in [1.165, 1.54) is 124 Å². The molecule has 2 aromatic rings. The van der Waals surface area contributed by atoms with Gasteiger partial charge < -0.3 is 0 Å². The monoisotopic (exact) mass is 904 g/mol. The van der Waals surface area contributed by atoms with E-state index in [2.05, 4.69) is 101 Å². The summed E-state index contributed by atoms with van der Waals surface area (Å²) in [4.78, 5) is 5.80. The third-order valence-electron chi connectivity index (χ3n) is 7.96. The lowest BCUT2D eigenvalue weighted by Crippen LogP contribution is -1.84. The van der Waals surface area contributed by atoms with Crippen LogP contribution in [0, 0.1) is 0 Å². The lowest BCUT2D eigenvalue weighted by Gasteiger charge is -2.05. The Hall–Kier alpha value is 0.560. The highest BCUT2D eigenvalue weighted by molar-refractivity contribution is 8.37. The molecule has 0 spiro atoms. The lowest BCUT2D eigenvalue weighted by molar-refractivity contribution is 0.910. The average Bonchev–Trinajstić information content (AvgIpc) is 3.87. The van der Waals surface area contributed by atoms with Crippen molar-refractivity contribution in [1.82, 2.24) is 0 Å². The van der Waals surface area contributed by atoms with Gasteiger partial charge in [-0.2, -0.15) is 0 Å². The second-order valence-electron chi connectivity index (χ2n) is 12.2. The van der Waals surface area contributed by atoms with Crippen LogP contribution < -0.4 is 0 Å². The van der Waals surface area contributed by atoms with Gasteiger partial charge >= 0.3 is 0 Å². The second kappa shape index (κ2) is 20.3. The van der Waals surface area contributed by atoms with Crippen molar-refractivity contribution in [3.8, 4) is 0 Å². The first kappa shape index (κ1) is 40.7. The zero-order chi connectivity index (χ0) is 35.9. The van der Waals surface area contributed by atoms with Gasteiger partial charge in [-0.3, -0.25) is 0 Å². The van der Waals surface area contributed by atoms with Gasteiger partial charge in [-0.05, 0) is 123 Å². The van der Waals surface area contributed by atoms with E-state index in [-0.39, 0.29) is 0 Å². The Morgan fingerprint density at radius 2 is 0.519 bits per heavy atom. The molecule has 8 heterocycles. The molecule has 0 N–H and O–H groups in total. The van der Waals surface area contributed by atoms with Crippen LogP contribution >= 0.6 is 141 Å². The van der Waals surface area contributed by atoms with Crippen LogP contribution in [0.1, 0.15) is 75.6 Å². The van der Waals surface area contributed by atoms with E-state index >= 15 is 0 Å². The smallest absolute Gasteiger partial charge is 0.0551 e. The Bertz CT molecular complexity index is 1630. The van der Waals surface area contributed by atoms with E-state index in [4.69, 9.17) is 0 Å². The van der Waals surface area contributed by atoms with Gasteiger partial charge in [0.05, 0.1) is 33.9 Å². The highest BCUT2D eigenvalue weighted by Crippen LogP contribution is 2.57. The average molecular weight is 906 g/mol. The van der Waals surface area contributed by atoms with E-state index in [0.29, 0.717) is 0 Å². The van der Waals surface area contributed by atoms with E-state index in [0.717, 1.165) is 0 Å². The summed E-state index contributed by atoms with van der Waals surface area (Å²) in [5, 5.41) is 0. The topological polar surface area (TPSA) is 0 Å². The summed E-state index contributed by atoms with van der Waals surface area (Å²) in [7, 11) is 0. The first-order chi connectivity index (χ1) is 25.3. The highest BCUT2D eigenvalue weighted by Gasteiger charge is 2.22. The predicted molar refractivity (Wildman–Crippen MR) is 265 cm³/mol. The summed E-state index contributed by atoms with van der Waals surface area (Å²) in [6, 6.07) is 18.2. The summed E-state index contributed by atoms with van der Waals surface area (Å²) in [5.41, 5.74) is 5.13. The van der Waals surface area contributed by atoms with Crippen molar-refractivity contribution in [3.63, 3.8) is 0 Å². The Balaban J connectivity index is 0.983. The molecule has 12 bridgehead atoms. The molecule has 0 atom stereocenters. The molecule has 0 radical (unpaired) electrons. The molecule has 2 aromatic carbocycles. The van der Waals surface area contributed by atoms with Crippen molar-refractivity contribution in [2.45, 2.75) is 53.4 Å². The minimum absolute atomic E-state index is 1.19. The fraction of sp³-hybridized carbons (Fsp3) is 0.300. The molecule has 0 fully saturated rings. The van der Waals surface area contributed by atoms with Crippen molar-refractivity contribution in [1.29, 1.82) is 0 Å². The van der Waals surface area contributed by atoms with Crippen molar-refractivity contribution >= 4 is 165 Å². The van der Waals surface area contributed by atoms with Gasteiger partial charge in [0, 0.05) is 19.6 Å². The number of hydrogen-bond acceptors (Lipinski definition) is 12. The number of benzene rings is 2. The number of rotatable bonds is 0. The molecule has 0 aromatic heterocycles.